The summed E-state index contributed by atoms with van der Waals surface area (Å²) >= 11 is 0. The molecule has 1 aliphatic rings. The lowest BCUT2D eigenvalue weighted by Crippen LogP contribution is -2.43. The molecule has 0 aromatic rings. The molecule has 0 spiro atoms. The summed E-state index contributed by atoms with van der Waals surface area (Å²) in [7, 11) is 0. The van der Waals surface area contributed by atoms with Crippen molar-refractivity contribution in [3.8, 4) is 0 Å². The number of likely N-dealkylation sites (tertiary alicyclic amines) is 1. The molecular formula is C9H17F3N2. The highest BCUT2D eigenvalue weighted by Crippen LogP contribution is 2.33. The van der Waals surface area contributed by atoms with E-state index < -0.39 is 12.1 Å². The van der Waals surface area contributed by atoms with Gasteiger partial charge in [0.2, 0.25) is 0 Å². The van der Waals surface area contributed by atoms with Gasteiger partial charge < -0.3 is 10.6 Å². The number of hydrogen-bond acceptors (Lipinski definition) is 2. The highest BCUT2D eigenvalue weighted by Gasteiger charge is 2.40. The van der Waals surface area contributed by atoms with Crippen molar-refractivity contribution in [1.82, 2.24) is 4.90 Å². The predicted octanol–water partition coefficient (Wildman–Crippen LogP) is 1.61. The Labute approximate surface area is 82.2 Å². The number of nitrogens with zero attached hydrogens (tertiary/aromatic N) is 1. The molecule has 1 saturated heterocycles. The van der Waals surface area contributed by atoms with Crippen LogP contribution in [0.15, 0.2) is 0 Å². The second-order valence-electron chi connectivity index (χ2n) is 4.09. The first-order chi connectivity index (χ1) is 6.39. The van der Waals surface area contributed by atoms with Crippen LogP contribution in [0.5, 0.6) is 0 Å². The zero-order valence-corrected chi connectivity index (χ0v) is 8.35. The molecule has 2 N–H and O–H groups in total. The first-order valence-electron chi connectivity index (χ1n) is 4.94. The van der Waals surface area contributed by atoms with Crippen molar-refractivity contribution < 1.29 is 13.2 Å². The third kappa shape index (κ3) is 3.46. The average Bonchev–Trinajstić information content (AvgIpc) is 2.02. The molecule has 1 fully saturated rings. The molecule has 1 rings (SSSR count). The van der Waals surface area contributed by atoms with Crippen molar-refractivity contribution >= 4 is 0 Å². The lowest BCUT2D eigenvalue weighted by molar-refractivity contribution is -0.185. The van der Waals surface area contributed by atoms with E-state index in [-0.39, 0.29) is 18.9 Å². The number of halogens is 3. The summed E-state index contributed by atoms with van der Waals surface area (Å²) in [6.45, 7) is 3.61. The van der Waals surface area contributed by atoms with Gasteiger partial charge in [-0.2, -0.15) is 13.2 Å². The molecule has 1 aliphatic heterocycles. The quantitative estimate of drug-likeness (QED) is 0.750. The molecule has 84 valence electrons. The second kappa shape index (κ2) is 4.49. The van der Waals surface area contributed by atoms with Gasteiger partial charge in [0.1, 0.15) is 0 Å². The Kier molecular flexibility index (Phi) is 3.78. The topological polar surface area (TPSA) is 29.3 Å². The lowest BCUT2D eigenvalue weighted by Gasteiger charge is -2.33. The van der Waals surface area contributed by atoms with Gasteiger partial charge in [0.15, 0.2) is 0 Å². The molecule has 5 heteroatoms. The Morgan fingerprint density at radius 3 is 2.21 bits per heavy atom. The van der Waals surface area contributed by atoms with E-state index >= 15 is 0 Å². The molecule has 0 aliphatic carbocycles. The van der Waals surface area contributed by atoms with Gasteiger partial charge in [0, 0.05) is 12.6 Å². The zero-order chi connectivity index (χ0) is 10.8. The van der Waals surface area contributed by atoms with E-state index in [4.69, 9.17) is 5.73 Å². The van der Waals surface area contributed by atoms with Crippen LogP contribution in [0.3, 0.4) is 0 Å². The number of alkyl halides is 3. The number of rotatable bonds is 2. The summed E-state index contributed by atoms with van der Waals surface area (Å²) in [5, 5.41) is 0. The monoisotopic (exact) mass is 210 g/mol. The fourth-order valence-electron chi connectivity index (χ4n) is 1.85. The number of piperidine rings is 1. The fourth-order valence-corrected chi connectivity index (χ4v) is 1.85. The van der Waals surface area contributed by atoms with Crippen molar-refractivity contribution in [1.29, 1.82) is 0 Å². The molecular weight excluding hydrogens is 193 g/mol. The number of hydrogen-bond donors (Lipinski definition) is 1. The molecule has 1 heterocycles. The maximum atomic E-state index is 12.3. The molecule has 2 nitrogen and oxygen atoms in total. The minimum Gasteiger partial charge on any atom is -0.327 e. The standard InChI is InChI=1S/C9H17F3N2/c1-7(13)6-14-4-2-8(3-5-14)9(10,11)12/h7-8H,2-6,13H2,1H3/t7-/m0/s1. The average molecular weight is 210 g/mol. The van der Waals surface area contributed by atoms with Gasteiger partial charge in [0.25, 0.3) is 0 Å². The molecule has 0 unspecified atom stereocenters. The van der Waals surface area contributed by atoms with Gasteiger partial charge in [-0.1, -0.05) is 0 Å². The molecule has 0 radical (unpaired) electrons. The van der Waals surface area contributed by atoms with Crippen LogP contribution in [-0.2, 0) is 0 Å². The molecule has 0 saturated carbocycles. The first-order valence-corrected chi connectivity index (χ1v) is 4.94. The van der Waals surface area contributed by atoms with Gasteiger partial charge in [-0.05, 0) is 32.9 Å². The SMILES string of the molecule is C[C@H](N)CN1CCC(C(F)(F)F)CC1. The Balaban J connectivity index is 2.31. The van der Waals surface area contributed by atoms with E-state index in [9.17, 15) is 13.2 Å². The maximum Gasteiger partial charge on any atom is 0.391 e. The number of nitrogens with two attached hydrogens (primary N) is 1. The summed E-state index contributed by atoms with van der Waals surface area (Å²) in [6.07, 6.45) is -3.58. The molecule has 14 heavy (non-hydrogen) atoms. The highest BCUT2D eigenvalue weighted by atomic mass is 19.4. The molecule has 0 bridgehead atoms. The van der Waals surface area contributed by atoms with Crippen LogP contribution >= 0.6 is 0 Å². The van der Waals surface area contributed by atoms with Crippen LogP contribution in [0.25, 0.3) is 0 Å². The van der Waals surface area contributed by atoms with E-state index in [1.54, 1.807) is 0 Å². The van der Waals surface area contributed by atoms with Crippen LogP contribution in [0, 0.1) is 5.92 Å². The van der Waals surface area contributed by atoms with Crippen molar-refractivity contribution in [3.63, 3.8) is 0 Å². The minimum atomic E-state index is -4.01. The summed E-state index contributed by atoms with van der Waals surface area (Å²) in [5.74, 6) is -1.10. The summed E-state index contributed by atoms with van der Waals surface area (Å²) in [6, 6.07) is 0.0393. The summed E-state index contributed by atoms with van der Waals surface area (Å²) in [4.78, 5) is 2.01. The fraction of sp³-hybridized carbons (Fsp3) is 1.00. The van der Waals surface area contributed by atoms with E-state index in [1.807, 2.05) is 11.8 Å². The molecule has 0 amide bonds. The minimum absolute atomic E-state index is 0.0393. The van der Waals surface area contributed by atoms with Crippen molar-refractivity contribution in [3.05, 3.63) is 0 Å². The zero-order valence-electron chi connectivity index (χ0n) is 8.35. The lowest BCUT2D eigenvalue weighted by atomic mass is 9.96. The molecule has 0 aromatic heterocycles. The first kappa shape index (κ1) is 11.8. The van der Waals surface area contributed by atoms with Crippen LogP contribution in [0.2, 0.25) is 0 Å². The van der Waals surface area contributed by atoms with Gasteiger partial charge in [-0.15, -0.1) is 0 Å². The third-order valence-electron chi connectivity index (χ3n) is 2.60. The van der Waals surface area contributed by atoms with Crippen LogP contribution in [0.4, 0.5) is 13.2 Å². The van der Waals surface area contributed by atoms with Gasteiger partial charge in [-0.25, -0.2) is 0 Å². The van der Waals surface area contributed by atoms with Crippen molar-refractivity contribution in [2.75, 3.05) is 19.6 Å². The van der Waals surface area contributed by atoms with Gasteiger partial charge >= 0.3 is 6.18 Å². The normalized spacial score (nSPS) is 23.8. The molecule has 1 atom stereocenters. The smallest absolute Gasteiger partial charge is 0.327 e. The van der Waals surface area contributed by atoms with Gasteiger partial charge in [-0.3, -0.25) is 0 Å². The maximum absolute atomic E-state index is 12.3. The predicted molar refractivity (Wildman–Crippen MR) is 48.9 cm³/mol. The summed E-state index contributed by atoms with van der Waals surface area (Å²) in [5.41, 5.74) is 5.58. The van der Waals surface area contributed by atoms with Crippen LogP contribution < -0.4 is 5.73 Å². The molecule has 0 aromatic carbocycles. The largest absolute Gasteiger partial charge is 0.391 e. The van der Waals surface area contributed by atoms with Crippen molar-refractivity contribution in [2.24, 2.45) is 11.7 Å². The van der Waals surface area contributed by atoms with E-state index in [2.05, 4.69) is 0 Å². The van der Waals surface area contributed by atoms with Crippen molar-refractivity contribution in [2.45, 2.75) is 32.0 Å². The van der Waals surface area contributed by atoms with E-state index in [0.717, 1.165) is 0 Å². The highest BCUT2D eigenvalue weighted by molar-refractivity contribution is 4.78. The summed E-state index contributed by atoms with van der Waals surface area (Å²) < 4.78 is 36.9. The second-order valence-corrected chi connectivity index (χ2v) is 4.09. The Morgan fingerprint density at radius 1 is 1.36 bits per heavy atom. The Bertz CT molecular complexity index is 171. The third-order valence-corrected chi connectivity index (χ3v) is 2.60. The Morgan fingerprint density at radius 2 is 1.86 bits per heavy atom. The van der Waals surface area contributed by atoms with E-state index in [1.165, 1.54) is 0 Å². The van der Waals surface area contributed by atoms with Gasteiger partial charge in [0.05, 0.1) is 5.92 Å². The van der Waals surface area contributed by atoms with E-state index in [0.29, 0.717) is 19.6 Å². The van der Waals surface area contributed by atoms with Crippen LogP contribution in [0.1, 0.15) is 19.8 Å². The van der Waals surface area contributed by atoms with Crippen LogP contribution in [-0.4, -0.2) is 36.8 Å². The Hall–Kier alpha value is -0.290.